The molecule has 4 rings (SSSR count). The first-order valence-corrected chi connectivity index (χ1v) is 10.6. The SMILES string of the molecule is Cc1ccc(-c2cc(Br)ccc2OCc2ccc(F)cc2)n1-c1cccc(Br)n1. The van der Waals surface area contributed by atoms with Gasteiger partial charge in [0.2, 0.25) is 0 Å². The van der Waals surface area contributed by atoms with E-state index in [4.69, 9.17) is 4.74 Å². The van der Waals surface area contributed by atoms with Crippen LogP contribution in [0.3, 0.4) is 0 Å². The molecule has 0 saturated carbocycles. The van der Waals surface area contributed by atoms with Crippen LogP contribution >= 0.6 is 31.9 Å². The Labute approximate surface area is 185 Å². The Balaban J connectivity index is 1.74. The van der Waals surface area contributed by atoms with Gasteiger partial charge in [-0.1, -0.05) is 34.1 Å². The Morgan fingerprint density at radius 3 is 2.52 bits per heavy atom. The third-order valence-electron chi connectivity index (χ3n) is 4.53. The van der Waals surface area contributed by atoms with Crippen molar-refractivity contribution in [1.82, 2.24) is 9.55 Å². The molecule has 146 valence electrons. The van der Waals surface area contributed by atoms with Crippen LogP contribution in [0, 0.1) is 12.7 Å². The number of rotatable bonds is 5. The fourth-order valence-electron chi connectivity index (χ4n) is 3.14. The molecule has 2 aromatic heterocycles. The van der Waals surface area contributed by atoms with Crippen LogP contribution in [0.25, 0.3) is 17.1 Å². The van der Waals surface area contributed by atoms with Crippen LogP contribution in [0.5, 0.6) is 5.75 Å². The molecule has 3 nitrogen and oxygen atoms in total. The first-order chi connectivity index (χ1) is 14.0. The van der Waals surface area contributed by atoms with Gasteiger partial charge in [-0.3, -0.25) is 4.57 Å². The summed E-state index contributed by atoms with van der Waals surface area (Å²) in [5.41, 5.74) is 3.88. The van der Waals surface area contributed by atoms with Crippen molar-refractivity contribution in [2.45, 2.75) is 13.5 Å². The quantitative estimate of drug-likeness (QED) is 0.265. The molecule has 2 aromatic carbocycles. The molecule has 6 heteroatoms. The maximum Gasteiger partial charge on any atom is 0.138 e. The monoisotopic (exact) mass is 514 g/mol. The Morgan fingerprint density at radius 2 is 1.76 bits per heavy atom. The average molecular weight is 516 g/mol. The second-order valence-corrected chi connectivity index (χ2v) is 8.30. The summed E-state index contributed by atoms with van der Waals surface area (Å²) < 4.78 is 23.1. The van der Waals surface area contributed by atoms with Crippen LogP contribution in [0.4, 0.5) is 4.39 Å². The van der Waals surface area contributed by atoms with E-state index in [-0.39, 0.29) is 5.82 Å². The van der Waals surface area contributed by atoms with Gasteiger partial charge in [0, 0.05) is 15.7 Å². The van der Waals surface area contributed by atoms with E-state index in [9.17, 15) is 4.39 Å². The summed E-state index contributed by atoms with van der Waals surface area (Å²) in [7, 11) is 0. The van der Waals surface area contributed by atoms with Crippen LogP contribution in [0.2, 0.25) is 0 Å². The molecule has 29 heavy (non-hydrogen) atoms. The minimum atomic E-state index is -0.257. The zero-order chi connectivity index (χ0) is 20.4. The molecule has 0 amide bonds. The van der Waals surface area contributed by atoms with Crippen molar-refractivity contribution in [3.63, 3.8) is 0 Å². The summed E-state index contributed by atoms with van der Waals surface area (Å²) in [6.07, 6.45) is 0. The second-order valence-electron chi connectivity index (χ2n) is 6.57. The maximum absolute atomic E-state index is 13.2. The van der Waals surface area contributed by atoms with Gasteiger partial charge < -0.3 is 4.74 Å². The zero-order valence-electron chi connectivity index (χ0n) is 15.6. The fourth-order valence-corrected chi connectivity index (χ4v) is 3.84. The van der Waals surface area contributed by atoms with E-state index in [1.54, 1.807) is 12.1 Å². The Bertz CT molecular complexity index is 1160. The number of ether oxygens (including phenoxy) is 1. The van der Waals surface area contributed by atoms with E-state index >= 15 is 0 Å². The zero-order valence-corrected chi connectivity index (χ0v) is 18.7. The van der Waals surface area contributed by atoms with Crippen molar-refractivity contribution in [3.05, 3.63) is 98.9 Å². The van der Waals surface area contributed by atoms with Crippen molar-refractivity contribution in [2.75, 3.05) is 0 Å². The molecular formula is C23H17Br2FN2O. The van der Waals surface area contributed by atoms with Crippen molar-refractivity contribution < 1.29 is 9.13 Å². The first-order valence-electron chi connectivity index (χ1n) is 9.00. The normalized spacial score (nSPS) is 10.9. The van der Waals surface area contributed by atoms with Crippen LogP contribution < -0.4 is 4.74 Å². The number of nitrogens with zero attached hydrogens (tertiary/aromatic N) is 2. The molecule has 0 saturated heterocycles. The minimum absolute atomic E-state index is 0.257. The molecule has 0 radical (unpaired) electrons. The minimum Gasteiger partial charge on any atom is -0.488 e. The molecule has 2 heterocycles. The third-order valence-corrected chi connectivity index (χ3v) is 5.47. The largest absolute Gasteiger partial charge is 0.488 e. The molecule has 0 aliphatic heterocycles. The highest BCUT2D eigenvalue weighted by atomic mass is 79.9. The molecule has 0 N–H and O–H groups in total. The molecule has 0 aliphatic rings. The number of aromatic nitrogens is 2. The first kappa shape index (κ1) is 19.9. The highest BCUT2D eigenvalue weighted by Gasteiger charge is 2.16. The number of benzene rings is 2. The Hall–Kier alpha value is -2.44. The molecule has 0 atom stereocenters. The number of pyridine rings is 1. The van der Waals surface area contributed by atoms with Gasteiger partial charge in [0.1, 0.15) is 28.6 Å². The van der Waals surface area contributed by atoms with Crippen molar-refractivity contribution in [3.8, 4) is 22.8 Å². The van der Waals surface area contributed by atoms with E-state index in [2.05, 4.69) is 53.5 Å². The Morgan fingerprint density at radius 1 is 0.966 bits per heavy atom. The van der Waals surface area contributed by atoms with Crippen molar-refractivity contribution in [1.29, 1.82) is 0 Å². The molecule has 4 aromatic rings. The second kappa shape index (κ2) is 8.51. The fraction of sp³-hybridized carbons (Fsp3) is 0.0870. The summed E-state index contributed by atoms with van der Waals surface area (Å²) in [4.78, 5) is 4.61. The predicted octanol–water partition coefficient (Wildman–Crippen LogP) is 7.09. The lowest BCUT2D eigenvalue weighted by Gasteiger charge is -2.16. The van der Waals surface area contributed by atoms with E-state index in [0.29, 0.717) is 6.61 Å². The van der Waals surface area contributed by atoms with Gasteiger partial charge in [0.25, 0.3) is 0 Å². The lowest BCUT2D eigenvalue weighted by atomic mass is 10.1. The summed E-state index contributed by atoms with van der Waals surface area (Å²) in [6.45, 7) is 2.40. The topological polar surface area (TPSA) is 27.1 Å². The van der Waals surface area contributed by atoms with Gasteiger partial charge >= 0.3 is 0 Å². The standard InChI is InChI=1S/C23H17Br2FN2O/c1-15-5-11-20(28(15)23-4-2-3-22(25)27-23)19-13-17(24)8-12-21(19)29-14-16-6-9-18(26)10-7-16/h2-13H,14H2,1H3. The summed E-state index contributed by atoms with van der Waals surface area (Å²) in [5, 5.41) is 0. The summed E-state index contributed by atoms with van der Waals surface area (Å²) in [6, 6.07) is 22.2. The van der Waals surface area contributed by atoms with Crippen LogP contribution in [0.1, 0.15) is 11.3 Å². The molecule has 0 aliphatic carbocycles. The van der Waals surface area contributed by atoms with E-state index in [1.807, 2.05) is 43.3 Å². The van der Waals surface area contributed by atoms with Gasteiger partial charge in [-0.25, -0.2) is 9.37 Å². The molecule has 0 bridgehead atoms. The van der Waals surface area contributed by atoms with Crippen LogP contribution in [0.15, 0.2) is 81.9 Å². The highest BCUT2D eigenvalue weighted by molar-refractivity contribution is 9.10. The highest BCUT2D eigenvalue weighted by Crippen LogP contribution is 2.36. The lowest BCUT2D eigenvalue weighted by Crippen LogP contribution is -2.03. The lowest BCUT2D eigenvalue weighted by molar-refractivity contribution is 0.307. The molecule has 0 fully saturated rings. The molecule has 0 unspecified atom stereocenters. The summed E-state index contributed by atoms with van der Waals surface area (Å²) >= 11 is 7.02. The van der Waals surface area contributed by atoms with Crippen LogP contribution in [-0.2, 0) is 6.61 Å². The predicted molar refractivity (Wildman–Crippen MR) is 120 cm³/mol. The van der Waals surface area contributed by atoms with Gasteiger partial charge in [-0.2, -0.15) is 0 Å². The summed E-state index contributed by atoms with van der Waals surface area (Å²) in [5.74, 6) is 1.31. The number of hydrogen-bond acceptors (Lipinski definition) is 2. The van der Waals surface area contributed by atoms with Gasteiger partial charge in [0.05, 0.1) is 5.69 Å². The number of aryl methyl sites for hydroxylation is 1. The van der Waals surface area contributed by atoms with Gasteiger partial charge in [-0.05, 0) is 83.0 Å². The van der Waals surface area contributed by atoms with E-state index in [1.165, 1.54) is 12.1 Å². The number of halogens is 3. The van der Waals surface area contributed by atoms with Crippen molar-refractivity contribution >= 4 is 31.9 Å². The smallest absolute Gasteiger partial charge is 0.138 e. The Kier molecular flexibility index (Phi) is 5.83. The number of hydrogen-bond donors (Lipinski definition) is 0. The van der Waals surface area contributed by atoms with E-state index < -0.39 is 0 Å². The van der Waals surface area contributed by atoms with E-state index in [0.717, 1.165) is 43.2 Å². The van der Waals surface area contributed by atoms with Crippen molar-refractivity contribution in [2.24, 2.45) is 0 Å². The van der Waals surface area contributed by atoms with Crippen LogP contribution in [-0.4, -0.2) is 9.55 Å². The average Bonchev–Trinajstić information content (AvgIpc) is 3.09. The molecular weight excluding hydrogens is 499 g/mol. The van der Waals surface area contributed by atoms with Gasteiger partial charge in [0.15, 0.2) is 0 Å². The maximum atomic E-state index is 13.2. The molecule has 0 spiro atoms. The van der Waals surface area contributed by atoms with Gasteiger partial charge in [-0.15, -0.1) is 0 Å². The third kappa shape index (κ3) is 4.43.